The van der Waals surface area contributed by atoms with Gasteiger partial charge in [0.1, 0.15) is 0 Å². The number of rotatable bonds is 2. The molecule has 2 heterocycles. The van der Waals surface area contributed by atoms with Gasteiger partial charge in [-0.2, -0.15) is 0 Å². The Balaban J connectivity index is 1.46. The smallest absolute Gasteiger partial charge is 0.0560 e. The van der Waals surface area contributed by atoms with Crippen LogP contribution in [-0.2, 0) is 0 Å². The molecule has 1 aliphatic rings. The number of aromatic nitrogens is 2. The third-order valence-corrected chi connectivity index (χ3v) is 6.84. The summed E-state index contributed by atoms with van der Waals surface area (Å²) in [4.78, 5) is 3.59. The quantitative estimate of drug-likeness (QED) is 0.297. The van der Waals surface area contributed by atoms with Gasteiger partial charge < -0.3 is 9.55 Å². The van der Waals surface area contributed by atoms with Crippen LogP contribution < -0.4 is 0 Å². The fraction of sp³-hybridized carbons (Fsp3) is 0.0667. The molecule has 2 nitrogen and oxygen atoms in total. The fourth-order valence-corrected chi connectivity index (χ4v) is 5.33. The van der Waals surface area contributed by atoms with Gasteiger partial charge in [0.05, 0.1) is 11.6 Å². The second-order valence-corrected chi connectivity index (χ2v) is 8.67. The number of hydrogen-bond acceptors (Lipinski definition) is 0. The normalized spacial score (nSPS) is 16.1. The Labute approximate surface area is 186 Å². The zero-order chi connectivity index (χ0) is 21.1. The molecule has 2 heteroatoms. The van der Waals surface area contributed by atoms with Crippen molar-refractivity contribution in [3.8, 4) is 11.1 Å². The van der Waals surface area contributed by atoms with Crippen LogP contribution in [0.2, 0.25) is 0 Å². The van der Waals surface area contributed by atoms with Crippen LogP contribution in [0.1, 0.15) is 12.5 Å². The molecule has 152 valence electrons. The van der Waals surface area contributed by atoms with Crippen molar-refractivity contribution in [3.05, 3.63) is 109 Å². The zero-order valence-electron chi connectivity index (χ0n) is 17.6. The first-order valence-electron chi connectivity index (χ1n) is 11.2. The van der Waals surface area contributed by atoms with Crippen LogP contribution >= 0.6 is 0 Å². The van der Waals surface area contributed by atoms with E-state index in [-0.39, 0.29) is 0 Å². The molecule has 1 atom stereocenters. The second-order valence-electron chi connectivity index (χ2n) is 8.67. The molecule has 4 aromatic carbocycles. The molecule has 1 aliphatic carbocycles. The molecule has 7 rings (SSSR count). The van der Waals surface area contributed by atoms with Gasteiger partial charge in [-0.3, -0.25) is 0 Å². The first kappa shape index (κ1) is 17.6. The Hall–Kier alpha value is -4.04. The van der Waals surface area contributed by atoms with Crippen molar-refractivity contribution in [1.29, 1.82) is 0 Å². The van der Waals surface area contributed by atoms with E-state index in [1.54, 1.807) is 0 Å². The number of fused-ring (bicyclic) bond motifs is 6. The van der Waals surface area contributed by atoms with Crippen molar-refractivity contribution in [2.45, 2.75) is 12.5 Å². The molecular weight excluding hydrogens is 388 g/mol. The van der Waals surface area contributed by atoms with Gasteiger partial charge >= 0.3 is 0 Å². The highest BCUT2D eigenvalue weighted by Gasteiger charge is 2.17. The number of H-pyrrole nitrogens is 1. The number of para-hydroxylation sites is 2. The Bertz CT molecular complexity index is 1710. The molecule has 0 spiro atoms. The second kappa shape index (κ2) is 6.73. The molecule has 0 radical (unpaired) electrons. The number of benzene rings is 4. The van der Waals surface area contributed by atoms with Gasteiger partial charge in [-0.25, -0.2) is 0 Å². The summed E-state index contributed by atoms with van der Waals surface area (Å²) in [5, 5.41) is 5.20. The van der Waals surface area contributed by atoms with Crippen molar-refractivity contribution >= 4 is 43.6 Å². The van der Waals surface area contributed by atoms with Crippen molar-refractivity contribution in [2.75, 3.05) is 0 Å². The minimum Gasteiger partial charge on any atom is -0.354 e. The Morgan fingerprint density at radius 1 is 0.625 bits per heavy atom. The average Bonchev–Trinajstić information content (AvgIpc) is 3.39. The Morgan fingerprint density at radius 2 is 1.34 bits per heavy atom. The predicted molar refractivity (Wildman–Crippen MR) is 136 cm³/mol. The van der Waals surface area contributed by atoms with E-state index in [1.165, 1.54) is 54.7 Å². The van der Waals surface area contributed by atoms with Crippen LogP contribution in [-0.4, -0.2) is 9.55 Å². The number of allylic oxidation sites excluding steroid dienone is 4. The van der Waals surface area contributed by atoms with Crippen molar-refractivity contribution in [1.82, 2.24) is 9.55 Å². The van der Waals surface area contributed by atoms with Crippen LogP contribution in [0.5, 0.6) is 0 Å². The summed E-state index contributed by atoms with van der Waals surface area (Å²) in [6.07, 6.45) is 9.91. The first-order chi connectivity index (χ1) is 15.9. The zero-order valence-corrected chi connectivity index (χ0v) is 17.6. The lowest BCUT2D eigenvalue weighted by molar-refractivity contribution is 0.648. The van der Waals surface area contributed by atoms with Crippen LogP contribution in [0, 0.1) is 0 Å². The molecule has 0 saturated heterocycles. The van der Waals surface area contributed by atoms with Gasteiger partial charge in [-0.15, -0.1) is 0 Å². The predicted octanol–water partition coefficient (Wildman–Crippen LogP) is 8.15. The van der Waals surface area contributed by atoms with E-state index in [9.17, 15) is 0 Å². The highest BCUT2D eigenvalue weighted by atomic mass is 15.0. The lowest BCUT2D eigenvalue weighted by Crippen LogP contribution is -2.06. The number of nitrogens with zero attached hydrogens (tertiary/aromatic N) is 1. The largest absolute Gasteiger partial charge is 0.354 e. The summed E-state index contributed by atoms with van der Waals surface area (Å²) >= 11 is 0. The molecule has 1 N–H and O–H groups in total. The maximum Gasteiger partial charge on any atom is 0.0560 e. The van der Waals surface area contributed by atoms with Crippen LogP contribution in [0.3, 0.4) is 0 Å². The topological polar surface area (TPSA) is 20.7 Å². The fourth-order valence-electron chi connectivity index (χ4n) is 5.33. The van der Waals surface area contributed by atoms with E-state index in [0.29, 0.717) is 6.04 Å². The van der Waals surface area contributed by atoms with E-state index < -0.39 is 0 Å². The van der Waals surface area contributed by atoms with Crippen molar-refractivity contribution in [2.24, 2.45) is 0 Å². The molecule has 0 saturated carbocycles. The third kappa shape index (κ3) is 2.53. The lowest BCUT2D eigenvalue weighted by Gasteiger charge is -2.18. The van der Waals surface area contributed by atoms with Crippen molar-refractivity contribution < 1.29 is 0 Å². The Kier molecular flexibility index (Phi) is 3.71. The molecular formula is C30H22N2. The first-order valence-corrected chi connectivity index (χ1v) is 11.2. The van der Waals surface area contributed by atoms with E-state index in [0.717, 1.165) is 6.42 Å². The molecule has 6 aromatic rings. The molecule has 0 amide bonds. The van der Waals surface area contributed by atoms with E-state index in [1.807, 2.05) is 0 Å². The molecule has 0 fully saturated rings. The standard InChI is InChI=1S/C30H22N2/c1-2-8-22(9-3-1)32-29-13-7-5-11-25(29)26-17-15-21(19-30(26)32)20-14-16-24-23-10-4-6-12-27(23)31-28(24)18-20/h1-8,10-19,22,31H,9H2. The minimum atomic E-state index is 0.342. The number of aromatic amines is 1. The summed E-state index contributed by atoms with van der Waals surface area (Å²) in [5.74, 6) is 0. The highest BCUT2D eigenvalue weighted by molar-refractivity contribution is 6.10. The number of nitrogens with one attached hydrogen (secondary N) is 1. The van der Waals surface area contributed by atoms with Gasteiger partial charge in [0.25, 0.3) is 0 Å². The molecule has 32 heavy (non-hydrogen) atoms. The Morgan fingerprint density at radius 3 is 2.22 bits per heavy atom. The SMILES string of the molecule is C1=CCC(n2c3ccccc3c3ccc(-c4ccc5c(c4)[nH]c4ccccc45)cc32)C=C1. The summed E-state index contributed by atoms with van der Waals surface area (Å²) in [6.45, 7) is 0. The van der Waals surface area contributed by atoms with Gasteiger partial charge in [0.15, 0.2) is 0 Å². The van der Waals surface area contributed by atoms with E-state index >= 15 is 0 Å². The minimum absolute atomic E-state index is 0.342. The maximum atomic E-state index is 3.59. The van der Waals surface area contributed by atoms with Gasteiger partial charge in [-0.1, -0.05) is 85.0 Å². The molecule has 1 unspecified atom stereocenters. The van der Waals surface area contributed by atoms with E-state index in [2.05, 4.69) is 119 Å². The van der Waals surface area contributed by atoms with Gasteiger partial charge in [-0.05, 0) is 41.8 Å². The summed E-state index contributed by atoms with van der Waals surface area (Å²) in [6, 6.07) is 31.3. The lowest BCUT2D eigenvalue weighted by atomic mass is 10.0. The number of hydrogen-bond donors (Lipinski definition) is 1. The third-order valence-electron chi connectivity index (χ3n) is 6.84. The summed E-state index contributed by atoms with van der Waals surface area (Å²) in [7, 11) is 0. The average molecular weight is 411 g/mol. The summed E-state index contributed by atoms with van der Waals surface area (Å²) in [5.41, 5.74) is 7.46. The van der Waals surface area contributed by atoms with Crippen molar-refractivity contribution in [3.63, 3.8) is 0 Å². The molecule has 2 aromatic heterocycles. The molecule has 0 aliphatic heterocycles. The van der Waals surface area contributed by atoms with Crippen LogP contribution in [0.15, 0.2) is 109 Å². The molecule has 0 bridgehead atoms. The van der Waals surface area contributed by atoms with Gasteiger partial charge in [0.2, 0.25) is 0 Å². The van der Waals surface area contributed by atoms with Crippen LogP contribution in [0.4, 0.5) is 0 Å². The van der Waals surface area contributed by atoms with Gasteiger partial charge in [0, 0.05) is 38.1 Å². The monoisotopic (exact) mass is 410 g/mol. The van der Waals surface area contributed by atoms with E-state index in [4.69, 9.17) is 0 Å². The summed E-state index contributed by atoms with van der Waals surface area (Å²) < 4.78 is 2.51. The highest BCUT2D eigenvalue weighted by Crippen LogP contribution is 2.37. The maximum absolute atomic E-state index is 3.59. The van der Waals surface area contributed by atoms with Crippen LogP contribution in [0.25, 0.3) is 54.7 Å².